The molecule has 0 atom stereocenters. The highest BCUT2D eigenvalue weighted by Crippen LogP contribution is 2.31. The number of amides is 1. The molecule has 2 aromatic carbocycles. The lowest BCUT2D eigenvalue weighted by Crippen LogP contribution is -2.13. The van der Waals surface area contributed by atoms with E-state index in [2.05, 4.69) is 15.5 Å². The van der Waals surface area contributed by atoms with Gasteiger partial charge in [0.2, 0.25) is 5.91 Å². The summed E-state index contributed by atoms with van der Waals surface area (Å²) in [4.78, 5) is 11.9. The van der Waals surface area contributed by atoms with Crippen molar-refractivity contribution in [3.05, 3.63) is 64.9 Å². The molecule has 0 saturated carbocycles. The molecule has 4 nitrogen and oxygen atoms in total. The Morgan fingerprint density at radius 2 is 1.69 bits per heavy atom. The number of nitrogens with zero attached hydrogens (tertiary/aromatic N) is 2. The molecule has 0 fully saturated rings. The fourth-order valence-corrected chi connectivity index (χ4v) is 4.80. The number of anilines is 1. The monoisotopic (exact) mass is 425 g/mol. The molecule has 1 N–H and O–H groups in total. The first-order chi connectivity index (χ1) is 12.6. The molecule has 1 amide bonds. The summed E-state index contributed by atoms with van der Waals surface area (Å²) >= 11 is 10.2. The van der Waals surface area contributed by atoms with Crippen LogP contribution in [0, 0.1) is 5.82 Å². The molecule has 0 saturated heterocycles. The van der Waals surface area contributed by atoms with Gasteiger partial charge in [0.05, 0.1) is 5.75 Å². The minimum absolute atomic E-state index is 0.174. The van der Waals surface area contributed by atoms with E-state index in [9.17, 15) is 9.18 Å². The van der Waals surface area contributed by atoms with E-state index in [4.69, 9.17) is 11.6 Å². The Morgan fingerprint density at radius 1 is 1.04 bits per heavy atom. The van der Waals surface area contributed by atoms with Crippen molar-refractivity contribution in [2.24, 2.45) is 0 Å². The Kier molecular flexibility index (Phi) is 6.90. The van der Waals surface area contributed by atoms with E-state index in [0.717, 1.165) is 20.0 Å². The standard InChI is InChI=1S/C17H13ClFN3OS3/c18-12-3-1-11(2-4-12)9-24-16-21-22-17(26-16)25-10-15(23)20-14-7-5-13(19)6-8-14/h1-8H,9-10H2,(H,20,23). The highest BCUT2D eigenvalue weighted by Gasteiger charge is 2.09. The van der Waals surface area contributed by atoms with Crippen LogP contribution in [0.4, 0.5) is 10.1 Å². The number of hydrogen-bond acceptors (Lipinski definition) is 6. The van der Waals surface area contributed by atoms with Crippen LogP contribution in [0.1, 0.15) is 5.56 Å². The Labute approximate surface area is 167 Å². The van der Waals surface area contributed by atoms with E-state index >= 15 is 0 Å². The Balaban J connectivity index is 1.45. The minimum atomic E-state index is -0.338. The van der Waals surface area contributed by atoms with Crippen molar-refractivity contribution in [2.75, 3.05) is 11.1 Å². The first-order valence-electron chi connectivity index (χ1n) is 7.47. The maximum Gasteiger partial charge on any atom is 0.234 e. The second-order valence-corrected chi connectivity index (χ2v) is 8.95. The molecule has 26 heavy (non-hydrogen) atoms. The Hall–Kier alpha value is -1.61. The van der Waals surface area contributed by atoms with Gasteiger partial charge in [-0.15, -0.1) is 10.2 Å². The van der Waals surface area contributed by atoms with Crippen molar-refractivity contribution < 1.29 is 9.18 Å². The maximum absolute atomic E-state index is 12.8. The van der Waals surface area contributed by atoms with Crippen LogP contribution in [0.25, 0.3) is 0 Å². The predicted octanol–water partition coefficient (Wildman–Crippen LogP) is 5.35. The summed E-state index contributed by atoms with van der Waals surface area (Å²) < 4.78 is 14.4. The Bertz CT molecular complexity index is 872. The molecular formula is C17H13ClFN3OS3. The van der Waals surface area contributed by atoms with Gasteiger partial charge in [-0.3, -0.25) is 4.79 Å². The molecule has 0 aliphatic carbocycles. The lowest BCUT2D eigenvalue weighted by atomic mass is 10.2. The second-order valence-electron chi connectivity index (χ2n) is 5.09. The lowest BCUT2D eigenvalue weighted by Gasteiger charge is -2.03. The zero-order chi connectivity index (χ0) is 18.4. The van der Waals surface area contributed by atoms with E-state index < -0.39 is 0 Å². The number of nitrogens with one attached hydrogen (secondary N) is 1. The van der Waals surface area contributed by atoms with Gasteiger partial charge in [-0.05, 0) is 42.0 Å². The van der Waals surface area contributed by atoms with E-state index in [1.807, 2.05) is 24.3 Å². The summed E-state index contributed by atoms with van der Waals surface area (Å²) in [5, 5.41) is 11.7. The number of thioether (sulfide) groups is 2. The van der Waals surface area contributed by atoms with Crippen LogP contribution in [-0.4, -0.2) is 21.9 Å². The fourth-order valence-electron chi connectivity index (χ4n) is 1.90. The smallest absolute Gasteiger partial charge is 0.234 e. The van der Waals surface area contributed by atoms with E-state index in [0.29, 0.717) is 10.7 Å². The zero-order valence-corrected chi connectivity index (χ0v) is 16.5. The first-order valence-corrected chi connectivity index (χ1v) is 10.6. The molecule has 0 aliphatic heterocycles. The Morgan fingerprint density at radius 3 is 2.38 bits per heavy atom. The maximum atomic E-state index is 12.8. The minimum Gasteiger partial charge on any atom is -0.325 e. The molecule has 1 aromatic heterocycles. The van der Waals surface area contributed by atoms with Gasteiger partial charge in [0.1, 0.15) is 5.82 Å². The van der Waals surface area contributed by atoms with Crippen LogP contribution >= 0.6 is 46.5 Å². The molecule has 0 aliphatic rings. The third-order valence-electron chi connectivity index (χ3n) is 3.12. The number of hydrogen-bond donors (Lipinski definition) is 1. The van der Waals surface area contributed by atoms with Gasteiger partial charge in [0.15, 0.2) is 8.68 Å². The van der Waals surface area contributed by atoms with Crippen LogP contribution in [0.2, 0.25) is 5.02 Å². The summed E-state index contributed by atoms with van der Waals surface area (Å²) in [6, 6.07) is 13.3. The summed E-state index contributed by atoms with van der Waals surface area (Å²) in [5.41, 5.74) is 1.72. The molecule has 0 radical (unpaired) electrons. The third kappa shape index (κ3) is 5.98. The number of carbonyl (C=O) groups is 1. The van der Waals surface area contributed by atoms with E-state index in [-0.39, 0.29) is 17.5 Å². The summed E-state index contributed by atoms with van der Waals surface area (Å²) in [5.74, 6) is 0.483. The topological polar surface area (TPSA) is 54.9 Å². The van der Waals surface area contributed by atoms with Gasteiger partial charge in [0.25, 0.3) is 0 Å². The highest BCUT2D eigenvalue weighted by molar-refractivity contribution is 8.03. The lowest BCUT2D eigenvalue weighted by molar-refractivity contribution is -0.113. The molecule has 134 valence electrons. The van der Waals surface area contributed by atoms with Crippen LogP contribution in [-0.2, 0) is 10.5 Å². The van der Waals surface area contributed by atoms with Gasteiger partial charge in [-0.25, -0.2) is 4.39 Å². The summed E-state index contributed by atoms with van der Waals surface area (Å²) in [6.07, 6.45) is 0. The van der Waals surface area contributed by atoms with Crippen molar-refractivity contribution in [1.29, 1.82) is 0 Å². The van der Waals surface area contributed by atoms with Crippen LogP contribution in [0.5, 0.6) is 0 Å². The number of aromatic nitrogens is 2. The zero-order valence-electron chi connectivity index (χ0n) is 13.3. The molecule has 0 spiro atoms. The van der Waals surface area contributed by atoms with Gasteiger partial charge in [-0.1, -0.05) is 58.6 Å². The van der Waals surface area contributed by atoms with Crippen LogP contribution in [0.15, 0.2) is 57.2 Å². The van der Waals surface area contributed by atoms with Gasteiger partial charge in [-0.2, -0.15) is 0 Å². The number of benzene rings is 2. The van der Waals surface area contributed by atoms with E-state index in [1.165, 1.54) is 47.4 Å². The average molecular weight is 426 g/mol. The molecular weight excluding hydrogens is 413 g/mol. The van der Waals surface area contributed by atoms with Crippen LogP contribution in [0.3, 0.4) is 0 Å². The molecule has 3 rings (SSSR count). The second kappa shape index (κ2) is 9.36. The number of halogens is 2. The molecule has 0 bridgehead atoms. The highest BCUT2D eigenvalue weighted by atomic mass is 35.5. The summed E-state index contributed by atoms with van der Waals surface area (Å²) in [6.45, 7) is 0. The quantitative estimate of drug-likeness (QED) is 0.517. The SMILES string of the molecule is O=C(CSc1nnc(SCc2ccc(Cl)cc2)s1)Nc1ccc(F)cc1. The molecule has 1 heterocycles. The first kappa shape index (κ1) is 19.2. The summed E-state index contributed by atoms with van der Waals surface area (Å²) in [7, 11) is 0. The van der Waals surface area contributed by atoms with Crippen molar-refractivity contribution in [3.8, 4) is 0 Å². The third-order valence-corrected chi connectivity index (χ3v) is 6.63. The predicted molar refractivity (Wildman–Crippen MR) is 107 cm³/mol. The average Bonchev–Trinajstić information content (AvgIpc) is 3.09. The van der Waals surface area contributed by atoms with Crippen molar-refractivity contribution in [3.63, 3.8) is 0 Å². The van der Waals surface area contributed by atoms with E-state index in [1.54, 1.807) is 11.8 Å². The van der Waals surface area contributed by atoms with Crippen LogP contribution < -0.4 is 5.32 Å². The normalized spacial score (nSPS) is 10.7. The molecule has 3 aromatic rings. The molecule has 0 unspecified atom stereocenters. The van der Waals surface area contributed by atoms with Gasteiger partial charge < -0.3 is 5.32 Å². The van der Waals surface area contributed by atoms with Crippen molar-refractivity contribution in [1.82, 2.24) is 10.2 Å². The molecule has 9 heteroatoms. The van der Waals surface area contributed by atoms with Gasteiger partial charge in [0, 0.05) is 16.5 Å². The largest absolute Gasteiger partial charge is 0.325 e. The number of carbonyl (C=O) groups excluding carboxylic acids is 1. The van der Waals surface area contributed by atoms with Crippen molar-refractivity contribution >= 4 is 58.1 Å². The number of rotatable bonds is 7. The van der Waals surface area contributed by atoms with Crippen molar-refractivity contribution in [2.45, 2.75) is 14.4 Å². The van der Waals surface area contributed by atoms with Gasteiger partial charge >= 0.3 is 0 Å². The fraction of sp³-hybridized carbons (Fsp3) is 0.118.